The molecule has 0 radical (unpaired) electrons. The van der Waals surface area contributed by atoms with Crippen molar-refractivity contribution in [1.82, 2.24) is 0 Å². The standard InChI is InChI=1S/C9H11NO3.C9H13NO/c1-6(2)7-3-4-8(10(12)13)9(11)5-7;1-6(2)7-3-4-8(10)9(11)5-7/h3-6,11H,1-2H3;3-6,11H,10H2,1-2H3. The van der Waals surface area contributed by atoms with E-state index in [1.54, 1.807) is 18.2 Å². The van der Waals surface area contributed by atoms with Gasteiger partial charge in [-0.3, -0.25) is 10.1 Å². The van der Waals surface area contributed by atoms with Crippen LogP contribution in [-0.2, 0) is 0 Å². The maximum absolute atomic E-state index is 10.3. The maximum Gasteiger partial charge on any atom is 0.310 e. The van der Waals surface area contributed by atoms with E-state index in [9.17, 15) is 20.3 Å². The number of phenolic OH excluding ortho intramolecular Hbond substituents is 2. The second-order valence-corrected chi connectivity index (χ2v) is 6.13. The predicted octanol–water partition coefficient (Wildman–Crippen LogP) is 4.52. The van der Waals surface area contributed by atoms with Crippen LogP contribution in [0.3, 0.4) is 0 Å². The van der Waals surface area contributed by atoms with E-state index in [0.717, 1.165) is 11.1 Å². The van der Waals surface area contributed by atoms with E-state index >= 15 is 0 Å². The number of hydrogen-bond donors (Lipinski definition) is 3. The molecule has 2 aromatic rings. The van der Waals surface area contributed by atoms with Gasteiger partial charge in [0.15, 0.2) is 5.75 Å². The van der Waals surface area contributed by atoms with Gasteiger partial charge in [-0.25, -0.2) is 0 Å². The Balaban J connectivity index is 0.000000243. The van der Waals surface area contributed by atoms with Gasteiger partial charge < -0.3 is 15.9 Å². The summed E-state index contributed by atoms with van der Waals surface area (Å²) in [4.78, 5) is 9.75. The van der Waals surface area contributed by atoms with Crippen molar-refractivity contribution in [2.24, 2.45) is 0 Å². The van der Waals surface area contributed by atoms with E-state index in [2.05, 4.69) is 13.8 Å². The van der Waals surface area contributed by atoms with Crippen LogP contribution >= 0.6 is 0 Å². The van der Waals surface area contributed by atoms with Crippen molar-refractivity contribution in [2.45, 2.75) is 39.5 Å². The van der Waals surface area contributed by atoms with E-state index in [1.807, 2.05) is 19.9 Å². The second-order valence-electron chi connectivity index (χ2n) is 6.13. The highest BCUT2D eigenvalue weighted by Crippen LogP contribution is 2.29. The molecule has 0 aliphatic heterocycles. The summed E-state index contributed by atoms with van der Waals surface area (Å²) in [6, 6.07) is 9.78. The predicted molar refractivity (Wildman–Crippen MR) is 95.5 cm³/mol. The molecular weight excluding hydrogens is 308 g/mol. The molecule has 6 nitrogen and oxygen atoms in total. The SMILES string of the molecule is CC(C)c1ccc(N)c(O)c1.CC(C)c1ccc([N+](=O)[O-])c(O)c1. The summed E-state index contributed by atoms with van der Waals surface area (Å²) in [6.07, 6.45) is 0. The van der Waals surface area contributed by atoms with Crippen LogP contribution in [0, 0.1) is 10.1 Å². The molecular formula is C18H24N2O4. The van der Waals surface area contributed by atoms with E-state index in [-0.39, 0.29) is 23.1 Å². The van der Waals surface area contributed by atoms with Crippen molar-refractivity contribution in [3.8, 4) is 11.5 Å². The zero-order valence-electron chi connectivity index (χ0n) is 14.4. The average Bonchev–Trinajstić information content (AvgIpc) is 2.49. The first-order chi connectivity index (χ1) is 11.1. The number of nitrogens with zero attached hydrogens (tertiary/aromatic N) is 1. The number of nitro benzene ring substituents is 1. The second kappa shape index (κ2) is 8.19. The van der Waals surface area contributed by atoms with Crippen LogP contribution in [-0.4, -0.2) is 15.1 Å². The Morgan fingerprint density at radius 1 is 0.917 bits per heavy atom. The zero-order chi connectivity index (χ0) is 18.4. The Bertz CT molecular complexity index is 712. The monoisotopic (exact) mass is 332 g/mol. The Morgan fingerprint density at radius 2 is 1.38 bits per heavy atom. The molecule has 0 atom stereocenters. The lowest BCUT2D eigenvalue weighted by atomic mass is 10.0. The van der Waals surface area contributed by atoms with E-state index in [1.165, 1.54) is 12.1 Å². The first-order valence-electron chi connectivity index (χ1n) is 7.69. The minimum Gasteiger partial charge on any atom is -0.506 e. The summed E-state index contributed by atoms with van der Waals surface area (Å²) >= 11 is 0. The van der Waals surface area contributed by atoms with Gasteiger partial charge in [0.2, 0.25) is 0 Å². The lowest BCUT2D eigenvalue weighted by molar-refractivity contribution is -0.385. The van der Waals surface area contributed by atoms with Gasteiger partial charge in [0.1, 0.15) is 5.75 Å². The molecule has 0 saturated heterocycles. The highest BCUT2D eigenvalue weighted by molar-refractivity contribution is 5.53. The van der Waals surface area contributed by atoms with Gasteiger partial charge in [-0.05, 0) is 41.2 Å². The molecule has 0 amide bonds. The van der Waals surface area contributed by atoms with Gasteiger partial charge in [-0.2, -0.15) is 0 Å². The molecule has 4 N–H and O–H groups in total. The topological polar surface area (TPSA) is 110 Å². The van der Waals surface area contributed by atoms with Crippen molar-refractivity contribution in [3.05, 3.63) is 57.6 Å². The third kappa shape index (κ3) is 5.15. The first-order valence-corrected chi connectivity index (χ1v) is 7.69. The quantitative estimate of drug-likeness (QED) is 0.331. The normalized spacial score (nSPS) is 10.4. The third-order valence-corrected chi connectivity index (χ3v) is 3.58. The number of nitro groups is 1. The number of benzene rings is 2. The van der Waals surface area contributed by atoms with Gasteiger partial charge >= 0.3 is 5.69 Å². The van der Waals surface area contributed by atoms with Crippen LogP contribution in [0.2, 0.25) is 0 Å². The molecule has 0 heterocycles. The lowest BCUT2D eigenvalue weighted by Gasteiger charge is -2.06. The fraction of sp³-hybridized carbons (Fsp3) is 0.333. The van der Waals surface area contributed by atoms with Crippen LogP contribution in [0.5, 0.6) is 11.5 Å². The maximum atomic E-state index is 10.3. The van der Waals surface area contributed by atoms with Gasteiger partial charge in [0, 0.05) is 6.07 Å². The van der Waals surface area contributed by atoms with Crippen molar-refractivity contribution >= 4 is 11.4 Å². The Hall–Kier alpha value is -2.76. The summed E-state index contributed by atoms with van der Waals surface area (Å²) in [6.45, 7) is 8.07. The number of anilines is 1. The number of rotatable bonds is 3. The average molecular weight is 332 g/mol. The minimum atomic E-state index is -0.598. The number of nitrogen functional groups attached to an aromatic ring is 1. The summed E-state index contributed by atoms with van der Waals surface area (Å²) in [7, 11) is 0. The van der Waals surface area contributed by atoms with Crippen molar-refractivity contribution in [3.63, 3.8) is 0 Å². The Kier molecular flexibility index (Phi) is 6.58. The van der Waals surface area contributed by atoms with Crippen LogP contribution in [0.25, 0.3) is 0 Å². The summed E-state index contributed by atoms with van der Waals surface area (Å²) in [5.74, 6) is 0.598. The van der Waals surface area contributed by atoms with Crippen molar-refractivity contribution in [1.29, 1.82) is 0 Å². The Morgan fingerprint density at radius 3 is 1.75 bits per heavy atom. The molecule has 0 aliphatic carbocycles. The Labute approximate surface area is 141 Å². The fourth-order valence-corrected chi connectivity index (χ4v) is 1.97. The van der Waals surface area contributed by atoms with Crippen LogP contribution in [0.4, 0.5) is 11.4 Å². The highest BCUT2D eigenvalue weighted by Gasteiger charge is 2.13. The summed E-state index contributed by atoms with van der Waals surface area (Å²) < 4.78 is 0. The number of phenols is 2. The van der Waals surface area contributed by atoms with Crippen LogP contribution in [0.15, 0.2) is 36.4 Å². The molecule has 0 aliphatic rings. The third-order valence-electron chi connectivity index (χ3n) is 3.58. The minimum absolute atomic E-state index is 0.177. The molecule has 0 spiro atoms. The highest BCUT2D eigenvalue weighted by atomic mass is 16.6. The fourth-order valence-electron chi connectivity index (χ4n) is 1.97. The van der Waals surface area contributed by atoms with Crippen LogP contribution in [0.1, 0.15) is 50.7 Å². The molecule has 2 rings (SSSR count). The molecule has 6 heteroatoms. The molecule has 0 unspecified atom stereocenters. The lowest BCUT2D eigenvalue weighted by Crippen LogP contribution is -1.91. The summed E-state index contributed by atoms with van der Waals surface area (Å²) in [5, 5.41) is 28.8. The van der Waals surface area contributed by atoms with Gasteiger partial charge in [-0.15, -0.1) is 0 Å². The van der Waals surface area contributed by atoms with E-state index in [4.69, 9.17) is 5.73 Å². The first kappa shape index (κ1) is 19.3. The molecule has 24 heavy (non-hydrogen) atoms. The smallest absolute Gasteiger partial charge is 0.310 e. The van der Waals surface area contributed by atoms with Crippen molar-refractivity contribution in [2.75, 3.05) is 5.73 Å². The molecule has 0 aromatic heterocycles. The zero-order valence-corrected chi connectivity index (χ0v) is 14.4. The van der Waals surface area contributed by atoms with E-state index < -0.39 is 4.92 Å². The molecule has 130 valence electrons. The van der Waals surface area contributed by atoms with Crippen LogP contribution < -0.4 is 5.73 Å². The van der Waals surface area contributed by atoms with Gasteiger partial charge in [-0.1, -0.05) is 39.8 Å². The van der Waals surface area contributed by atoms with Crippen molar-refractivity contribution < 1.29 is 15.1 Å². The largest absolute Gasteiger partial charge is 0.506 e. The van der Waals surface area contributed by atoms with Gasteiger partial charge in [0.05, 0.1) is 10.6 Å². The number of hydrogen-bond acceptors (Lipinski definition) is 5. The molecule has 2 aromatic carbocycles. The number of nitrogens with two attached hydrogens (primary N) is 1. The van der Waals surface area contributed by atoms with E-state index in [0.29, 0.717) is 11.6 Å². The molecule has 0 bridgehead atoms. The molecule has 0 saturated carbocycles. The summed E-state index contributed by atoms with van der Waals surface area (Å²) in [5.41, 5.74) is 7.63. The molecule has 0 fully saturated rings. The number of aromatic hydroxyl groups is 2. The van der Waals surface area contributed by atoms with Gasteiger partial charge in [0.25, 0.3) is 0 Å².